The van der Waals surface area contributed by atoms with Gasteiger partial charge in [0.15, 0.2) is 0 Å². The fourth-order valence-electron chi connectivity index (χ4n) is 2.31. The molecular formula is C17H11ClN2O5S. The van der Waals surface area contributed by atoms with Crippen molar-refractivity contribution in [3.05, 3.63) is 68.8 Å². The Morgan fingerprint density at radius 2 is 2.08 bits per heavy atom. The van der Waals surface area contributed by atoms with Crippen LogP contribution < -0.4 is 0 Å². The number of carbonyl (C=O) groups excluding carboxylic acids is 2. The Labute approximate surface area is 157 Å². The SMILES string of the molecule is C=CCN1C(=O)S/C(=C/c2ccc(-c3cc([N+](=O)[O-])ccc3Cl)o2)C1=O. The number of furan rings is 1. The molecule has 0 aliphatic carbocycles. The highest BCUT2D eigenvalue weighted by Crippen LogP contribution is 2.35. The first kappa shape index (κ1) is 18.0. The summed E-state index contributed by atoms with van der Waals surface area (Å²) in [5.74, 6) is 0.216. The molecule has 1 saturated heterocycles. The Balaban J connectivity index is 1.91. The van der Waals surface area contributed by atoms with Gasteiger partial charge < -0.3 is 4.42 Å². The van der Waals surface area contributed by atoms with Crippen LogP contribution >= 0.6 is 23.4 Å². The molecule has 26 heavy (non-hydrogen) atoms. The van der Waals surface area contributed by atoms with Crippen LogP contribution in [0.15, 0.2) is 52.3 Å². The maximum Gasteiger partial charge on any atom is 0.293 e. The molecular weight excluding hydrogens is 380 g/mol. The van der Waals surface area contributed by atoms with Crippen LogP contribution in [-0.2, 0) is 4.79 Å². The zero-order chi connectivity index (χ0) is 18.8. The molecule has 0 N–H and O–H groups in total. The summed E-state index contributed by atoms with van der Waals surface area (Å²) in [7, 11) is 0. The lowest BCUT2D eigenvalue weighted by atomic mass is 10.1. The molecule has 132 valence electrons. The zero-order valence-corrected chi connectivity index (χ0v) is 14.7. The number of hydrogen-bond acceptors (Lipinski definition) is 6. The molecule has 1 aromatic heterocycles. The number of nitro groups is 1. The van der Waals surface area contributed by atoms with Crippen molar-refractivity contribution in [1.29, 1.82) is 0 Å². The van der Waals surface area contributed by atoms with E-state index in [4.69, 9.17) is 16.0 Å². The van der Waals surface area contributed by atoms with Crippen LogP contribution in [0, 0.1) is 10.1 Å². The lowest BCUT2D eigenvalue weighted by Gasteiger charge is -2.07. The van der Waals surface area contributed by atoms with Gasteiger partial charge in [0, 0.05) is 30.3 Å². The molecule has 0 radical (unpaired) electrons. The van der Waals surface area contributed by atoms with Gasteiger partial charge >= 0.3 is 0 Å². The summed E-state index contributed by atoms with van der Waals surface area (Å²) >= 11 is 6.90. The van der Waals surface area contributed by atoms with Crippen LogP contribution in [0.1, 0.15) is 5.76 Å². The fourth-order valence-corrected chi connectivity index (χ4v) is 3.35. The third-order valence-electron chi connectivity index (χ3n) is 3.51. The van der Waals surface area contributed by atoms with E-state index in [1.807, 2.05) is 0 Å². The van der Waals surface area contributed by atoms with E-state index in [9.17, 15) is 19.7 Å². The van der Waals surface area contributed by atoms with Gasteiger partial charge in [-0.25, -0.2) is 0 Å². The Hall–Kier alpha value is -2.84. The molecule has 2 aromatic rings. The van der Waals surface area contributed by atoms with Crippen LogP contribution in [-0.4, -0.2) is 27.5 Å². The molecule has 7 nitrogen and oxygen atoms in total. The van der Waals surface area contributed by atoms with E-state index in [2.05, 4.69) is 6.58 Å². The Bertz CT molecular complexity index is 966. The second-order valence-corrected chi connectivity index (χ2v) is 6.60. The van der Waals surface area contributed by atoms with Crippen molar-refractivity contribution in [1.82, 2.24) is 4.90 Å². The molecule has 2 heterocycles. The standard InChI is InChI=1S/C17H11ClN2O5S/c1-2-7-19-16(21)15(26-17(19)22)9-11-4-6-14(25-11)12-8-10(20(23)24)3-5-13(12)18/h2-6,8-9H,1,7H2/b15-9+. The van der Waals surface area contributed by atoms with E-state index in [0.29, 0.717) is 22.1 Å². The number of thioether (sulfide) groups is 1. The molecule has 0 unspecified atom stereocenters. The average molecular weight is 391 g/mol. The van der Waals surface area contributed by atoms with E-state index in [-0.39, 0.29) is 22.4 Å². The minimum absolute atomic E-state index is 0.118. The number of nitro benzene ring substituents is 1. The molecule has 0 saturated carbocycles. The Morgan fingerprint density at radius 3 is 2.77 bits per heavy atom. The lowest BCUT2D eigenvalue weighted by molar-refractivity contribution is -0.384. The highest BCUT2D eigenvalue weighted by molar-refractivity contribution is 8.18. The van der Waals surface area contributed by atoms with E-state index in [1.165, 1.54) is 30.4 Å². The topological polar surface area (TPSA) is 93.7 Å². The van der Waals surface area contributed by atoms with Crippen LogP contribution in [0.25, 0.3) is 17.4 Å². The monoisotopic (exact) mass is 390 g/mol. The minimum atomic E-state index is -0.528. The third kappa shape index (κ3) is 3.42. The second kappa shape index (κ2) is 7.19. The average Bonchev–Trinajstić information content (AvgIpc) is 3.16. The number of nitrogens with zero attached hydrogens (tertiary/aromatic N) is 2. The first-order valence-corrected chi connectivity index (χ1v) is 8.50. The van der Waals surface area contributed by atoms with Gasteiger partial charge in [-0.3, -0.25) is 24.6 Å². The minimum Gasteiger partial charge on any atom is -0.457 e. The Morgan fingerprint density at radius 1 is 1.31 bits per heavy atom. The number of amides is 2. The zero-order valence-electron chi connectivity index (χ0n) is 13.2. The number of benzene rings is 1. The number of carbonyl (C=O) groups is 2. The summed E-state index contributed by atoms with van der Waals surface area (Å²) < 4.78 is 5.63. The first-order valence-electron chi connectivity index (χ1n) is 7.31. The summed E-state index contributed by atoms with van der Waals surface area (Å²) in [6.07, 6.45) is 2.91. The first-order chi connectivity index (χ1) is 12.4. The quantitative estimate of drug-likeness (QED) is 0.317. The van der Waals surface area contributed by atoms with Crippen molar-refractivity contribution >= 4 is 46.3 Å². The summed E-state index contributed by atoms with van der Waals surface area (Å²) in [6, 6.07) is 7.20. The van der Waals surface area contributed by atoms with Gasteiger partial charge in [0.2, 0.25) is 0 Å². The predicted molar refractivity (Wildman–Crippen MR) is 98.7 cm³/mol. The van der Waals surface area contributed by atoms with Crippen LogP contribution in [0.3, 0.4) is 0 Å². The second-order valence-electron chi connectivity index (χ2n) is 5.20. The number of halogens is 1. The van der Waals surface area contributed by atoms with Crippen molar-refractivity contribution in [3.63, 3.8) is 0 Å². The van der Waals surface area contributed by atoms with Crippen molar-refractivity contribution in [2.45, 2.75) is 0 Å². The number of hydrogen-bond donors (Lipinski definition) is 0. The largest absolute Gasteiger partial charge is 0.457 e. The molecule has 0 atom stereocenters. The van der Waals surface area contributed by atoms with Gasteiger partial charge in [-0.15, -0.1) is 6.58 Å². The van der Waals surface area contributed by atoms with Gasteiger partial charge in [-0.2, -0.15) is 0 Å². The highest BCUT2D eigenvalue weighted by atomic mass is 35.5. The van der Waals surface area contributed by atoms with Gasteiger partial charge in [0.1, 0.15) is 11.5 Å². The normalized spacial score (nSPS) is 15.7. The lowest BCUT2D eigenvalue weighted by Crippen LogP contribution is -2.27. The third-order valence-corrected chi connectivity index (χ3v) is 4.75. The van der Waals surface area contributed by atoms with Crippen molar-refractivity contribution in [2.75, 3.05) is 6.54 Å². The molecule has 9 heteroatoms. The summed E-state index contributed by atoms with van der Waals surface area (Å²) in [5.41, 5.74) is 0.244. The maximum atomic E-state index is 12.2. The fraction of sp³-hybridized carbons (Fsp3) is 0.0588. The summed E-state index contributed by atoms with van der Waals surface area (Å²) in [6.45, 7) is 3.65. The van der Waals surface area contributed by atoms with E-state index in [1.54, 1.807) is 12.1 Å². The van der Waals surface area contributed by atoms with E-state index >= 15 is 0 Å². The van der Waals surface area contributed by atoms with Crippen LogP contribution in [0.2, 0.25) is 5.02 Å². The molecule has 1 fully saturated rings. The number of non-ortho nitro benzene ring substituents is 1. The van der Waals surface area contributed by atoms with E-state index in [0.717, 1.165) is 16.7 Å². The highest BCUT2D eigenvalue weighted by Gasteiger charge is 2.34. The van der Waals surface area contributed by atoms with E-state index < -0.39 is 10.8 Å². The molecule has 0 bridgehead atoms. The van der Waals surface area contributed by atoms with Gasteiger partial charge in [-0.05, 0) is 30.0 Å². The molecule has 1 aliphatic rings. The van der Waals surface area contributed by atoms with Gasteiger partial charge in [0.25, 0.3) is 16.8 Å². The molecule has 2 amide bonds. The summed E-state index contributed by atoms with van der Waals surface area (Å²) in [4.78, 5) is 35.7. The van der Waals surface area contributed by atoms with Crippen LogP contribution in [0.4, 0.5) is 10.5 Å². The smallest absolute Gasteiger partial charge is 0.293 e. The Kier molecular flexibility index (Phi) is 4.97. The molecule has 1 aromatic carbocycles. The molecule has 0 spiro atoms. The number of rotatable bonds is 5. The van der Waals surface area contributed by atoms with Crippen molar-refractivity contribution < 1.29 is 18.9 Å². The van der Waals surface area contributed by atoms with Gasteiger partial charge in [0.05, 0.1) is 14.9 Å². The predicted octanol–water partition coefficient (Wildman–Crippen LogP) is 4.73. The van der Waals surface area contributed by atoms with Crippen molar-refractivity contribution in [3.8, 4) is 11.3 Å². The number of imide groups is 1. The van der Waals surface area contributed by atoms with Gasteiger partial charge in [-0.1, -0.05) is 17.7 Å². The van der Waals surface area contributed by atoms with Crippen LogP contribution in [0.5, 0.6) is 0 Å². The molecule has 1 aliphatic heterocycles. The molecule has 3 rings (SSSR count). The van der Waals surface area contributed by atoms with Crippen molar-refractivity contribution in [2.24, 2.45) is 0 Å². The summed E-state index contributed by atoms with van der Waals surface area (Å²) in [5, 5.41) is 10.8. The maximum absolute atomic E-state index is 12.2.